The topological polar surface area (TPSA) is 67.6 Å². The molecule has 0 radical (unpaired) electrons. The Kier molecular flexibility index (Phi) is 1.09. The molecule has 2 heterocycles. The number of aryl methyl sites for hydroxylation is 1. The number of H-pyrrole nitrogens is 1. The summed E-state index contributed by atoms with van der Waals surface area (Å²) in [6.07, 6.45) is 1.66. The molecule has 0 unspecified atom stereocenters. The Morgan fingerprint density at radius 3 is 3.18 bits per heavy atom. The van der Waals surface area contributed by atoms with Crippen molar-refractivity contribution in [2.24, 2.45) is 0 Å². The second-order valence-corrected chi connectivity index (χ2v) is 2.49. The van der Waals surface area contributed by atoms with E-state index in [0.29, 0.717) is 5.82 Å². The molecule has 0 aromatic carbocycles. The lowest BCUT2D eigenvalue weighted by atomic mass is 10.2. The zero-order valence-electron chi connectivity index (χ0n) is 6.13. The number of aromatic nitrogens is 3. The third kappa shape index (κ3) is 0.832. The monoisotopic (exact) mass is 148 g/mol. The van der Waals surface area contributed by atoms with E-state index < -0.39 is 0 Å². The second-order valence-electron chi connectivity index (χ2n) is 2.49. The maximum atomic E-state index is 5.59. The molecule has 4 nitrogen and oxygen atoms in total. The Morgan fingerprint density at radius 2 is 2.36 bits per heavy atom. The Hall–Kier alpha value is -1.58. The van der Waals surface area contributed by atoms with E-state index in [-0.39, 0.29) is 0 Å². The average molecular weight is 148 g/mol. The molecule has 0 atom stereocenters. The predicted octanol–water partition coefficient (Wildman–Crippen LogP) is 0.849. The molecule has 0 aliphatic rings. The van der Waals surface area contributed by atoms with E-state index in [1.54, 1.807) is 6.20 Å². The van der Waals surface area contributed by atoms with Crippen LogP contribution in [0.25, 0.3) is 11.0 Å². The van der Waals surface area contributed by atoms with E-state index in [0.717, 1.165) is 16.6 Å². The normalized spacial score (nSPS) is 10.6. The zero-order chi connectivity index (χ0) is 7.84. The molecule has 0 aliphatic carbocycles. The summed E-state index contributed by atoms with van der Waals surface area (Å²) < 4.78 is 0. The quantitative estimate of drug-likeness (QED) is 0.582. The average Bonchev–Trinajstić information content (AvgIpc) is 2.36. The van der Waals surface area contributed by atoms with Gasteiger partial charge >= 0.3 is 0 Å². The summed E-state index contributed by atoms with van der Waals surface area (Å²) in [7, 11) is 0. The fourth-order valence-electron chi connectivity index (χ4n) is 0.993. The number of anilines is 1. The minimum Gasteiger partial charge on any atom is -0.383 e. The maximum Gasteiger partial charge on any atom is 0.127 e. The number of nitrogens with one attached hydrogen (secondary N) is 1. The van der Waals surface area contributed by atoms with E-state index in [1.165, 1.54) is 0 Å². The van der Waals surface area contributed by atoms with Crippen molar-refractivity contribution in [3.05, 3.63) is 17.8 Å². The summed E-state index contributed by atoms with van der Waals surface area (Å²) in [6.45, 7) is 1.92. The Balaban J connectivity index is 2.86. The van der Waals surface area contributed by atoms with Gasteiger partial charge in [-0.2, -0.15) is 5.10 Å². The van der Waals surface area contributed by atoms with Gasteiger partial charge in [-0.3, -0.25) is 5.10 Å². The van der Waals surface area contributed by atoms with E-state index in [4.69, 9.17) is 5.73 Å². The number of rotatable bonds is 0. The first-order valence-corrected chi connectivity index (χ1v) is 3.33. The maximum absolute atomic E-state index is 5.59. The number of nitrogens with two attached hydrogens (primary N) is 1. The molecule has 0 spiro atoms. The molecule has 2 aromatic heterocycles. The van der Waals surface area contributed by atoms with Gasteiger partial charge in [-0.05, 0) is 18.6 Å². The van der Waals surface area contributed by atoms with Crippen molar-refractivity contribution in [2.45, 2.75) is 6.92 Å². The summed E-state index contributed by atoms with van der Waals surface area (Å²) in [5.74, 6) is 0.568. The van der Waals surface area contributed by atoms with Gasteiger partial charge in [-0.1, -0.05) is 0 Å². The highest BCUT2D eigenvalue weighted by molar-refractivity contribution is 5.76. The van der Waals surface area contributed by atoms with Crippen molar-refractivity contribution < 1.29 is 0 Å². The third-order valence-electron chi connectivity index (χ3n) is 1.65. The number of hydrogen-bond acceptors (Lipinski definition) is 3. The summed E-state index contributed by atoms with van der Waals surface area (Å²) in [5, 5.41) is 6.66. The first-order chi connectivity index (χ1) is 5.27. The van der Waals surface area contributed by atoms with Crippen LogP contribution in [0.4, 0.5) is 5.82 Å². The SMILES string of the molecule is Cc1cc2[nH]ncc2nc1N. The minimum absolute atomic E-state index is 0.568. The molecule has 11 heavy (non-hydrogen) atoms. The zero-order valence-corrected chi connectivity index (χ0v) is 6.13. The largest absolute Gasteiger partial charge is 0.383 e. The summed E-state index contributed by atoms with van der Waals surface area (Å²) in [4.78, 5) is 4.12. The van der Waals surface area contributed by atoms with Crippen molar-refractivity contribution >= 4 is 16.9 Å². The molecule has 3 N–H and O–H groups in total. The highest BCUT2D eigenvalue weighted by Gasteiger charge is 1.99. The molecule has 0 aliphatic heterocycles. The van der Waals surface area contributed by atoms with Crippen LogP contribution in [0.3, 0.4) is 0 Å². The lowest BCUT2D eigenvalue weighted by Gasteiger charge is -1.96. The van der Waals surface area contributed by atoms with Gasteiger partial charge in [0.05, 0.1) is 11.7 Å². The van der Waals surface area contributed by atoms with Crippen LogP contribution in [-0.2, 0) is 0 Å². The molecule has 0 saturated carbocycles. The molecule has 2 rings (SSSR count). The van der Waals surface area contributed by atoms with Gasteiger partial charge in [0.15, 0.2) is 0 Å². The highest BCUT2D eigenvalue weighted by atomic mass is 15.1. The molecule has 2 aromatic rings. The number of nitrogens with zero attached hydrogens (tertiary/aromatic N) is 2. The van der Waals surface area contributed by atoms with Crippen molar-refractivity contribution in [2.75, 3.05) is 5.73 Å². The smallest absolute Gasteiger partial charge is 0.127 e. The van der Waals surface area contributed by atoms with Crippen LogP contribution in [0, 0.1) is 6.92 Å². The number of pyridine rings is 1. The van der Waals surface area contributed by atoms with Gasteiger partial charge in [0, 0.05) is 0 Å². The van der Waals surface area contributed by atoms with Crippen LogP contribution in [0.2, 0.25) is 0 Å². The van der Waals surface area contributed by atoms with Crippen LogP contribution in [0.15, 0.2) is 12.3 Å². The third-order valence-corrected chi connectivity index (χ3v) is 1.65. The van der Waals surface area contributed by atoms with E-state index in [2.05, 4.69) is 15.2 Å². The van der Waals surface area contributed by atoms with Gasteiger partial charge in [0.2, 0.25) is 0 Å². The number of aromatic amines is 1. The predicted molar refractivity (Wildman–Crippen MR) is 43.0 cm³/mol. The standard InChI is InChI=1S/C7H8N4/c1-4-2-5-6(3-9-11-5)10-7(4)8/h2-3H,1H3,(H2,8,10)(H,9,11). The van der Waals surface area contributed by atoms with Crippen molar-refractivity contribution in [3.8, 4) is 0 Å². The molecular formula is C7H8N4. The molecule has 4 heteroatoms. The van der Waals surface area contributed by atoms with Gasteiger partial charge in [0.25, 0.3) is 0 Å². The van der Waals surface area contributed by atoms with Crippen molar-refractivity contribution in [3.63, 3.8) is 0 Å². The van der Waals surface area contributed by atoms with E-state index in [1.807, 2.05) is 13.0 Å². The molecule has 0 fully saturated rings. The number of nitrogen functional groups attached to an aromatic ring is 1. The second kappa shape index (κ2) is 1.95. The van der Waals surface area contributed by atoms with Gasteiger partial charge in [-0.25, -0.2) is 4.98 Å². The molecule has 56 valence electrons. The lowest BCUT2D eigenvalue weighted by molar-refractivity contribution is 1.12. The van der Waals surface area contributed by atoms with Crippen LogP contribution in [-0.4, -0.2) is 15.2 Å². The van der Waals surface area contributed by atoms with Gasteiger partial charge in [-0.15, -0.1) is 0 Å². The summed E-state index contributed by atoms with van der Waals surface area (Å²) >= 11 is 0. The van der Waals surface area contributed by atoms with E-state index >= 15 is 0 Å². The van der Waals surface area contributed by atoms with Crippen LogP contribution in [0.1, 0.15) is 5.56 Å². The molecule has 0 amide bonds. The fraction of sp³-hybridized carbons (Fsp3) is 0.143. The first kappa shape index (κ1) is 6.15. The van der Waals surface area contributed by atoms with Gasteiger partial charge in [0.1, 0.15) is 11.3 Å². The Bertz CT molecular complexity index is 354. The number of hydrogen-bond donors (Lipinski definition) is 2. The first-order valence-electron chi connectivity index (χ1n) is 3.33. The molecular weight excluding hydrogens is 140 g/mol. The summed E-state index contributed by atoms with van der Waals surface area (Å²) in [5.41, 5.74) is 8.31. The van der Waals surface area contributed by atoms with Crippen molar-refractivity contribution in [1.82, 2.24) is 15.2 Å². The number of fused-ring (bicyclic) bond motifs is 1. The van der Waals surface area contributed by atoms with E-state index in [9.17, 15) is 0 Å². The minimum atomic E-state index is 0.568. The van der Waals surface area contributed by atoms with Crippen LogP contribution >= 0.6 is 0 Å². The van der Waals surface area contributed by atoms with Crippen LogP contribution < -0.4 is 5.73 Å². The Labute approximate surface area is 63.4 Å². The molecule has 0 saturated heterocycles. The fourth-order valence-corrected chi connectivity index (χ4v) is 0.993. The summed E-state index contributed by atoms with van der Waals surface area (Å²) in [6, 6.07) is 1.94. The van der Waals surface area contributed by atoms with Crippen LogP contribution in [0.5, 0.6) is 0 Å². The highest BCUT2D eigenvalue weighted by Crippen LogP contribution is 2.13. The Morgan fingerprint density at radius 1 is 1.55 bits per heavy atom. The van der Waals surface area contributed by atoms with Gasteiger partial charge < -0.3 is 5.73 Å². The lowest BCUT2D eigenvalue weighted by Crippen LogP contribution is -1.92. The van der Waals surface area contributed by atoms with Crippen molar-refractivity contribution in [1.29, 1.82) is 0 Å². The molecule has 0 bridgehead atoms.